The Labute approximate surface area is 170 Å². The maximum atomic E-state index is 12.5. The zero-order valence-corrected chi connectivity index (χ0v) is 17.2. The average Bonchev–Trinajstić information content (AvgIpc) is 3.03. The monoisotopic (exact) mass is 394 g/mol. The molecule has 2 aromatic rings. The third kappa shape index (κ3) is 4.65. The molecule has 1 atom stereocenters. The first-order valence-electron chi connectivity index (χ1n) is 9.66. The van der Waals surface area contributed by atoms with Crippen molar-refractivity contribution >= 4 is 29.2 Å². The zero-order chi connectivity index (χ0) is 21.1. The van der Waals surface area contributed by atoms with Gasteiger partial charge in [0, 0.05) is 24.3 Å². The number of hydrogen-bond acceptors (Lipinski definition) is 4. The number of carbonyl (C=O) groups excluding carboxylic acids is 3. The van der Waals surface area contributed by atoms with Gasteiger partial charge in [-0.1, -0.05) is 35.9 Å². The van der Waals surface area contributed by atoms with E-state index in [1.807, 2.05) is 64.1 Å². The van der Waals surface area contributed by atoms with Crippen molar-refractivity contribution in [3.05, 3.63) is 58.7 Å². The van der Waals surface area contributed by atoms with Crippen LogP contribution >= 0.6 is 0 Å². The van der Waals surface area contributed by atoms with E-state index in [0.717, 1.165) is 27.9 Å². The molecule has 0 unspecified atom stereocenters. The summed E-state index contributed by atoms with van der Waals surface area (Å²) in [5.74, 6) is -1.61. The van der Waals surface area contributed by atoms with Gasteiger partial charge in [0.15, 0.2) is 6.61 Å². The van der Waals surface area contributed by atoms with E-state index < -0.39 is 17.8 Å². The molecule has 1 heterocycles. The molecule has 29 heavy (non-hydrogen) atoms. The molecule has 2 amide bonds. The van der Waals surface area contributed by atoms with Gasteiger partial charge in [0.1, 0.15) is 0 Å². The summed E-state index contributed by atoms with van der Waals surface area (Å²) in [6.07, 6.45) is 0.0886. The topological polar surface area (TPSA) is 75.7 Å². The van der Waals surface area contributed by atoms with Gasteiger partial charge in [-0.15, -0.1) is 0 Å². The minimum atomic E-state index is -0.574. The van der Waals surface area contributed by atoms with Gasteiger partial charge in [-0.25, -0.2) is 0 Å². The van der Waals surface area contributed by atoms with Gasteiger partial charge in [-0.05, 0) is 50.5 Å². The Kier molecular flexibility index (Phi) is 6.01. The van der Waals surface area contributed by atoms with Crippen LogP contribution in [0.3, 0.4) is 0 Å². The molecule has 1 aliphatic heterocycles. The molecule has 2 aromatic carbocycles. The fraction of sp³-hybridized carbons (Fsp3) is 0.348. The quantitative estimate of drug-likeness (QED) is 0.788. The molecule has 0 radical (unpaired) electrons. The van der Waals surface area contributed by atoms with Crippen molar-refractivity contribution < 1.29 is 19.1 Å². The third-order valence-electron chi connectivity index (χ3n) is 5.17. The highest BCUT2D eigenvalue weighted by molar-refractivity contribution is 6.01. The molecular weight excluding hydrogens is 368 g/mol. The molecule has 1 fully saturated rings. The standard InChI is InChI=1S/C23H26N2O4/c1-14-8-9-19(17(4)10-14)24-20(26)13-29-23(28)18-11-21(27)25(12-18)22-15(2)6-5-7-16(22)3/h5-10,18H,11-13H2,1-4H3,(H,24,26)/t18-/m1/s1. The average molecular weight is 394 g/mol. The fourth-order valence-corrected chi connectivity index (χ4v) is 3.71. The van der Waals surface area contributed by atoms with Crippen LogP contribution in [0.1, 0.15) is 28.7 Å². The number of ether oxygens (including phenoxy) is 1. The van der Waals surface area contributed by atoms with Gasteiger partial charge < -0.3 is 15.0 Å². The van der Waals surface area contributed by atoms with E-state index in [9.17, 15) is 14.4 Å². The Bertz CT molecular complexity index is 947. The van der Waals surface area contributed by atoms with Crippen molar-refractivity contribution in [3.63, 3.8) is 0 Å². The predicted octanol–water partition coefficient (Wildman–Crippen LogP) is 3.46. The van der Waals surface area contributed by atoms with Crippen molar-refractivity contribution in [2.75, 3.05) is 23.4 Å². The van der Waals surface area contributed by atoms with E-state index in [-0.39, 0.29) is 25.5 Å². The van der Waals surface area contributed by atoms with Crippen molar-refractivity contribution in [1.29, 1.82) is 0 Å². The summed E-state index contributed by atoms with van der Waals surface area (Å²) >= 11 is 0. The van der Waals surface area contributed by atoms with E-state index in [2.05, 4.69) is 5.32 Å². The first-order chi connectivity index (χ1) is 13.8. The Hall–Kier alpha value is -3.15. The highest BCUT2D eigenvalue weighted by Crippen LogP contribution is 2.31. The number of nitrogens with zero attached hydrogens (tertiary/aromatic N) is 1. The molecule has 0 aromatic heterocycles. The van der Waals surface area contributed by atoms with Crippen LogP contribution in [0.4, 0.5) is 11.4 Å². The lowest BCUT2D eigenvalue weighted by Crippen LogP contribution is -2.29. The first kappa shape index (κ1) is 20.6. The normalized spacial score (nSPS) is 16.1. The lowest BCUT2D eigenvalue weighted by atomic mass is 10.1. The van der Waals surface area contributed by atoms with Gasteiger partial charge >= 0.3 is 5.97 Å². The second-order valence-corrected chi connectivity index (χ2v) is 7.62. The van der Waals surface area contributed by atoms with Gasteiger partial charge in [0.2, 0.25) is 5.91 Å². The number of carbonyl (C=O) groups is 3. The Morgan fingerprint density at radius 1 is 1.07 bits per heavy atom. The van der Waals surface area contributed by atoms with Crippen LogP contribution in [0.25, 0.3) is 0 Å². The van der Waals surface area contributed by atoms with Crippen molar-refractivity contribution in [2.45, 2.75) is 34.1 Å². The maximum absolute atomic E-state index is 12.5. The van der Waals surface area contributed by atoms with E-state index >= 15 is 0 Å². The number of amides is 2. The van der Waals surface area contributed by atoms with Gasteiger partial charge in [0.05, 0.1) is 5.92 Å². The van der Waals surface area contributed by atoms with Crippen LogP contribution in [-0.2, 0) is 19.1 Å². The third-order valence-corrected chi connectivity index (χ3v) is 5.17. The molecule has 152 valence electrons. The van der Waals surface area contributed by atoms with Gasteiger partial charge in [-0.2, -0.15) is 0 Å². The molecule has 0 saturated carbocycles. The fourth-order valence-electron chi connectivity index (χ4n) is 3.71. The molecule has 0 spiro atoms. The molecule has 0 bridgehead atoms. The molecule has 1 N–H and O–H groups in total. The molecule has 6 heteroatoms. The lowest BCUT2D eigenvalue weighted by molar-refractivity contribution is -0.151. The van der Waals surface area contributed by atoms with Crippen LogP contribution in [0.15, 0.2) is 36.4 Å². The van der Waals surface area contributed by atoms with Gasteiger partial charge in [-0.3, -0.25) is 14.4 Å². The number of nitrogens with one attached hydrogen (secondary N) is 1. The molecular formula is C23H26N2O4. The number of aryl methyl sites for hydroxylation is 4. The number of anilines is 2. The summed E-state index contributed by atoms with van der Waals surface area (Å²) in [5, 5.41) is 2.75. The van der Waals surface area contributed by atoms with E-state index in [1.54, 1.807) is 4.90 Å². The van der Waals surface area contributed by atoms with Crippen LogP contribution in [-0.4, -0.2) is 30.9 Å². The Morgan fingerprint density at radius 3 is 2.41 bits per heavy atom. The van der Waals surface area contributed by atoms with Gasteiger partial charge in [0.25, 0.3) is 5.91 Å². The zero-order valence-electron chi connectivity index (χ0n) is 17.2. The van der Waals surface area contributed by atoms with E-state index in [0.29, 0.717) is 5.69 Å². The van der Waals surface area contributed by atoms with Crippen molar-refractivity contribution in [3.8, 4) is 0 Å². The van der Waals surface area contributed by atoms with Crippen molar-refractivity contribution in [1.82, 2.24) is 0 Å². The summed E-state index contributed by atoms with van der Waals surface area (Å²) in [5.41, 5.74) is 5.55. The maximum Gasteiger partial charge on any atom is 0.311 e. The predicted molar refractivity (Wildman–Crippen MR) is 112 cm³/mol. The number of para-hydroxylation sites is 1. The second kappa shape index (κ2) is 8.47. The number of esters is 1. The molecule has 1 aliphatic rings. The van der Waals surface area contributed by atoms with Crippen LogP contribution in [0, 0.1) is 33.6 Å². The van der Waals surface area contributed by atoms with Crippen LogP contribution < -0.4 is 10.2 Å². The smallest absolute Gasteiger partial charge is 0.311 e. The summed E-state index contributed by atoms with van der Waals surface area (Å²) in [6, 6.07) is 11.5. The second-order valence-electron chi connectivity index (χ2n) is 7.62. The van der Waals surface area contributed by atoms with E-state index in [1.165, 1.54) is 0 Å². The summed E-state index contributed by atoms with van der Waals surface area (Å²) < 4.78 is 5.19. The number of benzene rings is 2. The SMILES string of the molecule is Cc1ccc(NC(=O)COC(=O)[C@@H]2CC(=O)N(c3c(C)cccc3C)C2)c(C)c1. The van der Waals surface area contributed by atoms with Crippen molar-refractivity contribution in [2.24, 2.45) is 5.92 Å². The van der Waals surface area contributed by atoms with E-state index in [4.69, 9.17) is 4.74 Å². The minimum absolute atomic E-state index is 0.0886. The lowest BCUT2D eigenvalue weighted by Gasteiger charge is -2.21. The summed E-state index contributed by atoms with van der Waals surface area (Å²) in [7, 11) is 0. The minimum Gasteiger partial charge on any atom is -0.455 e. The number of hydrogen-bond donors (Lipinski definition) is 1. The molecule has 6 nitrogen and oxygen atoms in total. The highest BCUT2D eigenvalue weighted by Gasteiger charge is 2.37. The molecule has 3 rings (SSSR count). The van der Waals surface area contributed by atoms with Crippen LogP contribution in [0.5, 0.6) is 0 Å². The van der Waals surface area contributed by atoms with Crippen LogP contribution in [0.2, 0.25) is 0 Å². The molecule has 0 aliphatic carbocycles. The Balaban J connectivity index is 1.57. The summed E-state index contributed by atoms with van der Waals surface area (Å²) in [6.45, 7) is 7.66. The number of rotatable bonds is 5. The first-order valence-corrected chi connectivity index (χ1v) is 9.66. The molecule has 1 saturated heterocycles. The summed E-state index contributed by atoms with van der Waals surface area (Å²) in [4.78, 5) is 38.7. The largest absolute Gasteiger partial charge is 0.455 e. The highest BCUT2D eigenvalue weighted by atomic mass is 16.5. The Morgan fingerprint density at radius 2 is 1.76 bits per heavy atom.